The van der Waals surface area contributed by atoms with Crippen LogP contribution in [0.15, 0.2) is 49.1 Å². The molecule has 0 aliphatic carbocycles. The first kappa shape index (κ1) is 16.5. The molecule has 0 spiro atoms. The highest BCUT2D eigenvalue weighted by atomic mass is 16.5. The average molecular weight is 312 g/mol. The lowest BCUT2D eigenvalue weighted by Gasteiger charge is -2.12. The van der Waals surface area contributed by atoms with Gasteiger partial charge in [-0.3, -0.25) is 10.1 Å². The van der Waals surface area contributed by atoms with Crippen molar-refractivity contribution in [2.45, 2.75) is 12.8 Å². The Morgan fingerprint density at radius 1 is 1.22 bits per heavy atom. The van der Waals surface area contributed by atoms with Crippen LogP contribution in [0.25, 0.3) is 10.8 Å². The van der Waals surface area contributed by atoms with Crippen molar-refractivity contribution in [3.05, 3.63) is 54.6 Å². The molecule has 0 fully saturated rings. The highest BCUT2D eigenvalue weighted by Crippen LogP contribution is 2.27. The first-order chi connectivity index (χ1) is 11.2. The van der Waals surface area contributed by atoms with Crippen molar-refractivity contribution in [2.24, 2.45) is 0 Å². The normalized spacial score (nSPS) is 10.1. The van der Waals surface area contributed by atoms with Gasteiger partial charge < -0.3 is 10.1 Å². The molecule has 2 rings (SSSR count). The smallest absolute Gasteiger partial charge is 0.411 e. The van der Waals surface area contributed by atoms with Crippen molar-refractivity contribution in [1.82, 2.24) is 5.32 Å². The Morgan fingerprint density at radius 2 is 1.96 bits per heavy atom. The molecule has 120 valence electrons. The molecule has 0 aliphatic rings. The Kier molecular flexibility index (Phi) is 5.74. The minimum Gasteiger partial charge on any atom is -0.453 e. The number of rotatable bonds is 6. The van der Waals surface area contributed by atoms with Gasteiger partial charge >= 0.3 is 6.09 Å². The summed E-state index contributed by atoms with van der Waals surface area (Å²) in [4.78, 5) is 23.0. The molecule has 2 aromatic rings. The second-order valence-corrected chi connectivity index (χ2v) is 5.03. The largest absolute Gasteiger partial charge is 0.453 e. The van der Waals surface area contributed by atoms with E-state index >= 15 is 0 Å². The third kappa shape index (κ3) is 4.32. The molecular formula is C18H20N2O3. The Labute approximate surface area is 135 Å². The standard InChI is InChI=1S/C18H20N2O3/c1-3-6-16(21)19-12-11-14-8-4-7-13-9-5-10-15(17(13)14)20-18(22)23-2/h3-5,7-10H,1,6,11-12H2,2H3,(H,19,21)(H,20,22). The molecule has 5 heteroatoms. The number of hydrogen-bond acceptors (Lipinski definition) is 3. The molecule has 23 heavy (non-hydrogen) atoms. The molecule has 5 nitrogen and oxygen atoms in total. The summed E-state index contributed by atoms with van der Waals surface area (Å²) in [7, 11) is 1.33. The predicted octanol–water partition coefficient (Wildman–Crippen LogP) is 3.25. The zero-order valence-electron chi connectivity index (χ0n) is 13.1. The van der Waals surface area contributed by atoms with Crippen molar-refractivity contribution >= 4 is 28.5 Å². The Morgan fingerprint density at radius 3 is 2.65 bits per heavy atom. The molecule has 0 aliphatic heterocycles. The molecule has 0 bridgehead atoms. The fraction of sp³-hybridized carbons (Fsp3) is 0.222. The number of ether oxygens (including phenoxy) is 1. The third-order valence-corrected chi connectivity index (χ3v) is 3.46. The molecule has 2 N–H and O–H groups in total. The molecule has 0 saturated carbocycles. The van der Waals surface area contributed by atoms with E-state index in [1.54, 1.807) is 6.08 Å². The third-order valence-electron chi connectivity index (χ3n) is 3.46. The van der Waals surface area contributed by atoms with Crippen LogP contribution in [0.2, 0.25) is 0 Å². The second-order valence-electron chi connectivity index (χ2n) is 5.03. The quantitative estimate of drug-likeness (QED) is 0.805. The molecule has 0 radical (unpaired) electrons. The van der Waals surface area contributed by atoms with E-state index in [1.807, 2.05) is 36.4 Å². The minimum absolute atomic E-state index is 0.0480. The fourth-order valence-electron chi connectivity index (χ4n) is 2.43. The number of fused-ring (bicyclic) bond motifs is 1. The van der Waals surface area contributed by atoms with Gasteiger partial charge in [-0.2, -0.15) is 0 Å². The van der Waals surface area contributed by atoms with E-state index in [1.165, 1.54) is 7.11 Å². The number of benzene rings is 2. The lowest BCUT2D eigenvalue weighted by molar-refractivity contribution is -0.120. The average Bonchev–Trinajstić information content (AvgIpc) is 2.55. The summed E-state index contributed by atoms with van der Waals surface area (Å²) in [5.41, 5.74) is 1.75. The van der Waals surface area contributed by atoms with Crippen molar-refractivity contribution < 1.29 is 14.3 Å². The maximum absolute atomic E-state index is 11.5. The Bertz CT molecular complexity index is 720. The lowest BCUT2D eigenvalue weighted by Crippen LogP contribution is -2.24. The number of anilines is 1. The van der Waals surface area contributed by atoms with E-state index in [0.29, 0.717) is 25.1 Å². The molecule has 2 amide bonds. The van der Waals surface area contributed by atoms with Crippen LogP contribution in [0.4, 0.5) is 10.5 Å². The lowest BCUT2D eigenvalue weighted by atomic mass is 10.0. The van der Waals surface area contributed by atoms with Crippen LogP contribution in [-0.2, 0) is 16.0 Å². The van der Waals surface area contributed by atoms with E-state index in [-0.39, 0.29) is 5.91 Å². The fourth-order valence-corrected chi connectivity index (χ4v) is 2.43. The van der Waals surface area contributed by atoms with E-state index in [2.05, 4.69) is 21.9 Å². The number of nitrogens with one attached hydrogen (secondary N) is 2. The zero-order valence-corrected chi connectivity index (χ0v) is 13.1. The van der Waals surface area contributed by atoms with Crippen molar-refractivity contribution in [1.29, 1.82) is 0 Å². The molecule has 0 aromatic heterocycles. The molecule has 0 saturated heterocycles. The highest BCUT2D eigenvalue weighted by molar-refractivity contribution is 6.02. The van der Waals surface area contributed by atoms with Crippen LogP contribution < -0.4 is 10.6 Å². The van der Waals surface area contributed by atoms with E-state index < -0.39 is 6.09 Å². The predicted molar refractivity (Wildman–Crippen MR) is 91.5 cm³/mol. The van der Waals surface area contributed by atoms with Gasteiger partial charge in [0.2, 0.25) is 5.91 Å². The number of amides is 2. The maximum atomic E-state index is 11.5. The first-order valence-corrected chi connectivity index (χ1v) is 7.39. The van der Waals surface area contributed by atoms with E-state index in [4.69, 9.17) is 0 Å². The van der Waals surface area contributed by atoms with Gasteiger partial charge in [0, 0.05) is 18.4 Å². The van der Waals surface area contributed by atoms with Gasteiger partial charge in [0.25, 0.3) is 0 Å². The summed E-state index contributed by atoms with van der Waals surface area (Å²) in [6.45, 7) is 4.07. The van der Waals surface area contributed by atoms with Gasteiger partial charge in [0.15, 0.2) is 0 Å². The van der Waals surface area contributed by atoms with Crippen molar-refractivity contribution in [3.63, 3.8) is 0 Å². The van der Waals surface area contributed by atoms with Crippen LogP contribution in [0.5, 0.6) is 0 Å². The van der Waals surface area contributed by atoms with Gasteiger partial charge in [-0.15, -0.1) is 6.58 Å². The number of carbonyl (C=O) groups excluding carboxylic acids is 2. The number of carbonyl (C=O) groups is 2. The van der Waals surface area contributed by atoms with Gasteiger partial charge in [-0.05, 0) is 23.4 Å². The number of hydrogen-bond donors (Lipinski definition) is 2. The Hall–Kier alpha value is -2.82. The summed E-state index contributed by atoms with van der Waals surface area (Å²) >= 11 is 0. The topological polar surface area (TPSA) is 67.4 Å². The molecule has 0 heterocycles. The van der Waals surface area contributed by atoms with Crippen LogP contribution in [0, 0.1) is 0 Å². The summed E-state index contributed by atoms with van der Waals surface area (Å²) in [5.74, 6) is -0.0480. The van der Waals surface area contributed by atoms with Gasteiger partial charge in [-0.25, -0.2) is 4.79 Å². The first-order valence-electron chi connectivity index (χ1n) is 7.39. The summed E-state index contributed by atoms with van der Waals surface area (Å²) in [5, 5.41) is 7.56. The summed E-state index contributed by atoms with van der Waals surface area (Å²) in [6, 6.07) is 11.6. The van der Waals surface area contributed by atoms with Crippen LogP contribution in [-0.4, -0.2) is 25.7 Å². The highest BCUT2D eigenvalue weighted by Gasteiger charge is 2.09. The van der Waals surface area contributed by atoms with Crippen molar-refractivity contribution in [3.8, 4) is 0 Å². The molecular weight excluding hydrogens is 292 g/mol. The molecule has 0 unspecified atom stereocenters. The van der Waals surface area contributed by atoms with E-state index in [0.717, 1.165) is 16.3 Å². The zero-order chi connectivity index (χ0) is 16.7. The maximum Gasteiger partial charge on any atom is 0.411 e. The molecule has 0 atom stereocenters. The van der Waals surface area contributed by atoms with Gasteiger partial charge in [0.05, 0.1) is 12.8 Å². The summed E-state index contributed by atoms with van der Waals surface area (Å²) in [6.07, 6.45) is 2.04. The SMILES string of the molecule is C=CCC(=O)NCCc1cccc2cccc(NC(=O)OC)c12. The minimum atomic E-state index is -0.508. The number of methoxy groups -OCH3 is 1. The Balaban J connectivity index is 2.23. The summed E-state index contributed by atoms with van der Waals surface area (Å²) < 4.78 is 4.67. The second kappa shape index (κ2) is 7.98. The van der Waals surface area contributed by atoms with Crippen LogP contribution in [0.3, 0.4) is 0 Å². The molecule has 2 aromatic carbocycles. The van der Waals surface area contributed by atoms with Gasteiger partial charge in [-0.1, -0.05) is 36.4 Å². The van der Waals surface area contributed by atoms with Crippen LogP contribution in [0.1, 0.15) is 12.0 Å². The van der Waals surface area contributed by atoms with Crippen molar-refractivity contribution in [2.75, 3.05) is 19.0 Å². The van der Waals surface area contributed by atoms with Gasteiger partial charge in [0.1, 0.15) is 0 Å². The van der Waals surface area contributed by atoms with Crippen LogP contribution >= 0.6 is 0 Å². The monoisotopic (exact) mass is 312 g/mol. The van der Waals surface area contributed by atoms with E-state index in [9.17, 15) is 9.59 Å².